The van der Waals surface area contributed by atoms with Crippen molar-refractivity contribution in [2.75, 3.05) is 5.32 Å². The minimum absolute atomic E-state index is 0.0613. The van der Waals surface area contributed by atoms with E-state index in [1.54, 1.807) is 4.63 Å². The largest absolute Gasteiger partial charge is 0.480 e. The number of nitrogens with zero attached hydrogens (tertiary/aromatic N) is 3. The van der Waals surface area contributed by atoms with E-state index in [0.29, 0.717) is 28.6 Å². The third-order valence-corrected chi connectivity index (χ3v) is 8.95. The Hall–Kier alpha value is -3.32. The molecular weight excluding hydrogens is 546 g/mol. The van der Waals surface area contributed by atoms with E-state index in [1.807, 2.05) is 37.3 Å². The monoisotopic (exact) mass is 591 g/mol. The molecule has 1 atom stereocenters. The van der Waals surface area contributed by atoms with Gasteiger partial charge in [-0.15, -0.1) is 5.10 Å². The summed E-state index contributed by atoms with van der Waals surface area (Å²) in [6.07, 6.45) is 1.91. The number of amides is 1. The lowest BCUT2D eigenvalue weighted by atomic mass is 9.76. The molecule has 0 aliphatic heterocycles. The van der Waals surface area contributed by atoms with Gasteiger partial charge < -0.3 is 10.1 Å². The van der Waals surface area contributed by atoms with E-state index in [4.69, 9.17) is 16.3 Å². The van der Waals surface area contributed by atoms with Crippen molar-refractivity contribution in [1.29, 1.82) is 0 Å². The molecule has 0 saturated carbocycles. The first-order valence-electron chi connectivity index (χ1n) is 15.0. The molecule has 2 N–H and O–H groups in total. The summed E-state index contributed by atoms with van der Waals surface area (Å²) >= 11 is 6.59. The Morgan fingerprint density at radius 2 is 1.62 bits per heavy atom. The number of fused-ring (bicyclic) bond motifs is 1. The van der Waals surface area contributed by atoms with Crippen LogP contribution in [0, 0.1) is 0 Å². The summed E-state index contributed by atoms with van der Waals surface area (Å²) in [7, 11) is 0. The Bertz CT molecular complexity index is 1560. The summed E-state index contributed by atoms with van der Waals surface area (Å²) in [5.74, 6) is 1.14. The van der Waals surface area contributed by atoms with Crippen molar-refractivity contribution in [2.24, 2.45) is 0 Å². The quantitative estimate of drug-likeness (QED) is 0.193. The van der Waals surface area contributed by atoms with Crippen LogP contribution in [0.2, 0.25) is 5.02 Å². The van der Waals surface area contributed by atoms with Crippen LogP contribution in [0.4, 0.5) is 5.69 Å². The number of aromatic amines is 1. The van der Waals surface area contributed by atoms with E-state index in [1.165, 1.54) is 5.56 Å². The molecule has 0 radical (unpaired) electrons. The second-order valence-corrected chi connectivity index (χ2v) is 13.9. The summed E-state index contributed by atoms with van der Waals surface area (Å²) in [5, 5.41) is 11.4. The molecule has 2 aromatic carbocycles. The van der Waals surface area contributed by atoms with E-state index in [-0.39, 0.29) is 22.2 Å². The highest BCUT2D eigenvalue weighted by Crippen LogP contribution is 2.39. The van der Waals surface area contributed by atoms with Gasteiger partial charge in [0.25, 0.3) is 5.91 Å². The molecule has 42 heavy (non-hydrogen) atoms. The number of hydrogen-bond donors (Lipinski definition) is 2. The van der Waals surface area contributed by atoms with Crippen LogP contribution in [-0.4, -0.2) is 31.8 Å². The maximum absolute atomic E-state index is 13.4. The molecule has 0 aliphatic rings. The minimum atomic E-state index is -0.629. The van der Waals surface area contributed by atoms with Gasteiger partial charge in [-0.05, 0) is 66.0 Å². The van der Waals surface area contributed by atoms with Gasteiger partial charge in [-0.3, -0.25) is 9.89 Å². The second kappa shape index (κ2) is 11.8. The van der Waals surface area contributed by atoms with E-state index in [0.717, 1.165) is 35.4 Å². The maximum atomic E-state index is 13.4. The summed E-state index contributed by atoms with van der Waals surface area (Å²) < 4.78 is 8.04. The second-order valence-electron chi connectivity index (χ2n) is 13.5. The molecule has 7 nitrogen and oxygen atoms in total. The van der Waals surface area contributed by atoms with Gasteiger partial charge in [0.05, 0.1) is 5.69 Å². The molecule has 0 fully saturated rings. The van der Waals surface area contributed by atoms with Crippen molar-refractivity contribution >= 4 is 28.8 Å². The smallest absolute Gasteiger partial charge is 0.265 e. The Kier molecular flexibility index (Phi) is 8.85. The van der Waals surface area contributed by atoms with Crippen LogP contribution < -0.4 is 10.1 Å². The molecule has 1 amide bonds. The van der Waals surface area contributed by atoms with Crippen LogP contribution in [-0.2, 0) is 21.0 Å². The predicted octanol–water partition coefficient (Wildman–Crippen LogP) is 8.85. The SMILES string of the molecule is CCC(Oc1ccc(C(C)(C)CC)cc1C(C)(C)CC)C(=O)Nc1ccc(-c2nc3c(Cl)c(C(C)(C)C)[nH]n3n2)cc1. The Morgan fingerprint density at radius 3 is 2.17 bits per heavy atom. The Labute approximate surface area is 255 Å². The van der Waals surface area contributed by atoms with Gasteiger partial charge in [-0.25, -0.2) is 4.98 Å². The van der Waals surface area contributed by atoms with E-state index in [9.17, 15) is 4.79 Å². The summed E-state index contributed by atoms with van der Waals surface area (Å²) in [5.41, 5.74) is 5.22. The number of carbonyl (C=O) groups is 1. The molecule has 0 bridgehead atoms. The van der Waals surface area contributed by atoms with Crippen LogP contribution in [0.5, 0.6) is 5.75 Å². The maximum Gasteiger partial charge on any atom is 0.265 e. The summed E-state index contributed by atoms with van der Waals surface area (Å²) in [6, 6.07) is 13.9. The van der Waals surface area contributed by atoms with E-state index >= 15 is 0 Å². The zero-order chi connectivity index (χ0) is 31.0. The van der Waals surface area contributed by atoms with Crippen LogP contribution in [0.25, 0.3) is 17.0 Å². The molecule has 0 spiro atoms. The molecule has 2 aromatic heterocycles. The molecule has 226 valence electrons. The van der Waals surface area contributed by atoms with Crippen molar-refractivity contribution in [3.05, 3.63) is 64.3 Å². The van der Waals surface area contributed by atoms with Crippen molar-refractivity contribution in [3.63, 3.8) is 0 Å². The number of H-pyrrole nitrogens is 1. The number of halogens is 1. The van der Waals surface area contributed by atoms with Crippen LogP contribution in [0.3, 0.4) is 0 Å². The van der Waals surface area contributed by atoms with Crippen molar-refractivity contribution in [1.82, 2.24) is 19.8 Å². The predicted molar refractivity (Wildman–Crippen MR) is 173 cm³/mol. The van der Waals surface area contributed by atoms with Crippen LogP contribution in [0.15, 0.2) is 42.5 Å². The van der Waals surface area contributed by atoms with Crippen LogP contribution in [0.1, 0.15) is 105 Å². The number of aromatic nitrogens is 4. The molecule has 0 aliphatic carbocycles. The van der Waals surface area contributed by atoms with E-state index < -0.39 is 6.10 Å². The number of nitrogens with one attached hydrogen (secondary N) is 2. The first-order valence-corrected chi connectivity index (χ1v) is 15.4. The fourth-order valence-corrected chi connectivity index (χ4v) is 5.24. The van der Waals surface area contributed by atoms with E-state index in [2.05, 4.69) is 94.9 Å². The zero-order valence-electron chi connectivity index (χ0n) is 26.8. The number of benzene rings is 2. The normalized spacial score (nSPS) is 13.4. The molecule has 1 unspecified atom stereocenters. The van der Waals surface area contributed by atoms with Gasteiger partial charge in [-0.2, -0.15) is 4.63 Å². The topological polar surface area (TPSA) is 84.3 Å². The van der Waals surface area contributed by atoms with Crippen molar-refractivity contribution in [3.8, 4) is 17.1 Å². The van der Waals surface area contributed by atoms with Gasteiger partial charge in [0.2, 0.25) is 0 Å². The number of carbonyl (C=O) groups excluding carboxylic acids is 1. The molecule has 0 saturated heterocycles. The first-order chi connectivity index (χ1) is 19.6. The average molecular weight is 592 g/mol. The standard InChI is InChI=1S/C34H46ClN5O2/c1-11-25(42-26-19-16-22(33(7,8)12-2)20-24(26)34(9,10)13-3)31(41)36-23-17-14-21(15-18-23)29-37-30-27(35)28(32(4,5)6)38-40(30)39-29/h14-20,25,38H,11-13H2,1-10H3,(H,36,41). The molecule has 4 aromatic rings. The van der Waals surface area contributed by atoms with Gasteiger partial charge in [0.15, 0.2) is 17.6 Å². The third kappa shape index (κ3) is 6.36. The Morgan fingerprint density at radius 1 is 0.976 bits per heavy atom. The summed E-state index contributed by atoms with van der Waals surface area (Å²) in [6.45, 7) is 21.6. The van der Waals surface area contributed by atoms with Crippen molar-refractivity contribution in [2.45, 2.75) is 111 Å². The fourth-order valence-electron chi connectivity index (χ4n) is 4.80. The first kappa shape index (κ1) is 31.6. The molecular formula is C34H46ClN5O2. The number of ether oxygens (including phenoxy) is 1. The highest BCUT2D eigenvalue weighted by atomic mass is 35.5. The number of anilines is 1. The number of hydrogen-bond acceptors (Lipinski definition) is 4. The lowest BCUT2D eigenvalue weighted by Gasteiger charge is -2.31. The molecule has 4 rings (SSSR count). The van der Waals surface area contributed by atoms with Gasteiger partial charge in [-0.1, -0.05) is 93.0 Å². The zero-order valence-corrected chi connectivity index (χ0v) is 27.5. The Balaban J connectivity index is 1.52. The van der Waals surface area contributed by atoms with Gasteiger partial charge >= 0.3 is 0 Å². The molecule has 2 heterocycles. The lowest BCUT2D eigenvalue weighted by molar-refractivity contribution is -0.122. The third-order valence-electron chi connectivity index (χ3n) is 8.59. The lowest BCUT2D eigenvalue weighted by Crippen LogP contribution is -2.33. The van der Waals surface area contributed by atoms with Gasteiger partial charge in [0, 0.05) is 22.2 Å². The molecule has 8 heteroatoms. The number of rotatable bonds is 10. The highest BCUT2D eigenvalue weighted by molar-refractivity contribution is 6.34. The van der Waals surface area contributed by atoms with Gasteiger partial charge in [0.1, 0.15) is 10.8 Å². The minimum Gasteiger partial charge on any atom is -0.480 e. The van der Waals surface area contributed by atoms with Crippen molar-refractivity contribution < 1.29 is 9.53 Å². The summed E-state index contributed by atoms with van der Waals surface area (Å²) in [4.78, 5) is 18.0. The highest BCUT2D eigenvalue weighted by Gasteiger charge is 2.29. The average Bonchev–Trinajstić information content (AvgIpc) is 3.51. The van der Waals surface area contributed by atoms with Crippen LogP contribution >= 0.6 is 11.6 Å². The fraction of sp³-hybridized carbons (Fsp3) is 0.500.